The highest BCUT2D eigenvalue weighted by molar-refractivity contribution is 6.07. The number of rotatable bonds is 11. The summed E-state index contributed by atoms with van der Waals surface area (Å²) in [5.41, 5.74) is 1.92. The van der Waals surface area contributed by atoms with Crippen molar-refractivity contribution < 1.29 is 29.0 Å². The Hall–Kier alpha value is -3.59. The largest absolute Gasteiger partial charge is 0.496 e. The number of piperazine rings is 1. The molecule has 1 N–H and O–H groups in total. The van der Waals surface area contributed by atoms with Crippen LogP contribution >= 0.6 is 0 Å². The average Bonchev–Trinajstić information content (AvgIpc) is 2.89. The van der Waals surface area contributed by atoms with Crippen molar-refractivity contribution >= 4 is 23.5 Å². The number of benzene rings is 2. The number of carboxylic acid groups (broad SMARTS) is 1. The normalized spacial score (nSPS) is 13.8. The number of carbonyl (C=O) groups is 3. The van der Waals surface area contributed by atoms with Gasteiger partial charge in [-0.1, -0.05) is 6.07 Å². The number of ether oxygens (including phenoxy) is 2. The Labute approximate surface area is 218 Å². The van der Waals surface area contributed by atoms with Crippen molar-refractivity contribution in [3.8, 4) is 11.5 Å². The molecular formula is C28H37N3O6. The number of anilines is 1. The molecule has 9 nitrogen and oxygen atoms in total. The fourth-order valence-electron chi connectivity index (χ4n) is 4.27. The van der Waals surface area contributed by atoms with Gasteiger partial charge in [0.05, 0.1) is 19.4 Å². The van der Waals surface area contributed by atoms with Crippen molar-refractivity contribution in [1.29, 1.82) is 0 Å². The molecule has 200 valence electrons. The number of carbonyl (C=O) groups excluding carboxylic acids is 2. The molecule has 1 saturated heterocycles. The number of likely N-dealkylation sites (N-methyl/N-ethyl adjacent to an activating group) is 1. The monoisotopic (exact) mass is 511 g/mol. The van der Waals surface area contributed by atoms with E-state index in [1.807, 2.05) is 30.0 Å². The summed E-state index contributed by atoms with van der Waals surface area (Å²) < 4.78 is 11.2. The third-order valence-corrected chi connectivity index (χ3v) is 6.61. The van der Waals surface area contributed by atoms with Crippen LogP contribution in [0.15, 0.2) is 36.4 Å². The maximum Gasteiger partial charge on any atom is 0.339 e. The van der Waals surface area contributed by atoms with Crippen molar-refractivity contribution in [2.45, 2.75) is 32.6 Å². The summed E-state index contributed by atoms with van der Waals surface area (Å²) in [6, 6.07) is 9.90. The second-order valence-electron chi connectivity index (χ2n) is 9.40. The lowest BCUT2D eigenvalue weighted by atomic mass is 10.1. The summed E-state index contributed by atoms with van der Waals surface area (Å²) in [6.07, 6.45) is 3.06. The third-order valence-electron chi connectivity index (χ3n) is 6.61. The summed E-state index contributed by atoms with van der Waals surface area (Å²) in [5, 5.41) is 9.30. The van der Waals surface area contributed by atoms with Gasteiger partial charge in [0.2, 0.25) is 5.91 Å². The standard InChI is InChI=1S/C28H37N3O6/c1-20-9-12-23(30(3)27(33)21-10-11-22(28(34)35)24(19-21)36-4)25(18-20)37-17-7-5-6-8-26(32)31-15-13-29(2)14-16-31/h9-12,18-19H,5-8,13-17H2,1-4H3,(H,34,35). The Bertz CT molecular complexity index is 1110. The summed E-state index contributed by atoms with van der Waals surface area (Å²) >= 11 is 0. The Morgan fingerprint density at radius 2 is 1.70 bits per heavy atom. The maximum absolute atomic E-state index is 13.2. The van der Waals surface area contributed by atoms with Gasteiger partial charge in [0.1, 0.15) is 17.1 Å². The zero-order valence-electron chi connectivity index (χ0n) is 22.2. The molecule has 37 heavy (non-hydrogen) atoms. The second kappa shape index (κ2) is 13.1. The smallest absolute Gasteiger partial charge is 0.339 e. The molecule has 1 aliphatic rings. The minimum Gasteiger partial charge on any atom is -0.496 e. The van der Waals surface area contributed by atoms with Crippen LogP contribution in [0.3, 0.4) is 0 Å². The molecule has 1 heterocycles. The minimum absolute atomic E-state index is 0.00806. The number of nitrogens with zero attached hydrogens (tertiary/aromatic N) is 3. The van der Waals surface area contributed by atoms with E-state index in [9.17, 15) is 19.5 Å². The summed E-state index contributed by atoms with van der Waals surface area (Å²) in [7, 11) is 5.10. The number of unbranched alkanes of at least 4 members (excludes halogenated alkanes) is 2. The van der Waals surface area contributed by atoms with Gasteiger partial charge in [0.25, 0.3) is 5.91 Å². The molecule has 2 aromatic carbocycles. The van der Waals surface area contributed by atoms with E-state index >= 15 is 0 Å². The predicted molar refractivity (Wildman–Crippen MR) is 142 cm³/mol. The zero-order chi connectivity index (χ0) is 26.9. The minimum atomic E-state index is -1.12. The van der Waals surface area contributed by atoms with Crippen LogP contribution in [0.5, 0.6) is 11.5 Å². The first-order chi connectivity index (χ1) is 17.7. The van der Waals surface area contributed by atoms with E-state index in [2.05, 4.69) is 11.9 Å². The summed E-state index contributed by atoms with van der Waals surface area (Å²) in [6.45, 7) is 5.89. The SMILES string of the molecule is COc1cc(C(=O)N(C)c2ccc(C)cc2OCCCCCC(=O)N2CCN(C)CC2)ccc1C(=O)O. The van der Waals surface area contributed by atoms with Gasteiger partial charge in [0.15, 0.2) is 0 Å². The molecule has 1 aliphatic heterocycles. The van der Waals surface area contributed by atoms with E-state index in [0.717, 1.165) is 51.0 Å². The number of aryl methyl sites for hydroxylation is 1. The Kier molecular flexibility index (Phi) is 9.91. The summed E-state index contributed by atoms with van der Waals surface area (Å²) in [5.74, 6) is -0.492. The third kappa shape index (κ3) is 7.45. The molecule has 0 atom stereocenters. The fraction of sp³-hybridized carbons (Fsp3) is 0.464. The van der Waals surface area contributed by atoms with Crippen LogP contribution in [0, 0.1) is 6.92 Å². The van der Waals surface area contributed by atoms with Crippen LogP contribution < -0.4 is 14.4 Å². The van der Waals surface area contributed by atoms with Crippen LogP contribution in [-0.4, -0.2) is 86.7 Å². The lowest BCUT2D eigenvalue weighted by Gasteiger charge is -2.32. The molecule has 0 unspecified atom stereocenters. The molecule has 0 saturated carbocycles. The van der Waals surface area contributed by atoms with Gasteiger partial charge < -0.3 is 29.3 Å². The quantitative estimate of drug-likeness (QED) is 0.459. The van der Waals surface area contributed by atoms with Crippen molar-refractivity contribution in [3.63, 3.8) is 0 Å². The first-order valence-electron chi connectivity index (χ1n) is 12.6. The number of amides is 2. The first kappa shape index (κ1) is 28.0. The van der Waals surface area contributed by atoms with Gasteiger partial charge in [-0.15, -0.1) is 0 Å². The molecule has 2 aromatic rings. The van der Waals surface area contributed by atoms with Crippen molar-refractivity contribution in [3.05, 3.63) is 53.1 Å². The first-order valence-corrected chi connectivity index (χ1v) is 12.6. The highest BCUT2D eigenvalue weighted by Gasteiger charge is 2.21. The van der Waals surface area contributed by atoms with Crippen molar-refractivity contribution in [2.24, 2.45) is 0 Å². The Balaban J connectivity index is 1.55. The van der Waals surface area contributed by atoms with E-state index in [1.54, 1.807) is 7.05 Å². The van der Waals surface area contributed by atoms with Gasteiger partial charge in [0, 0.05) is 45.2 Å². The average molecular weight is 512 g/mol. The molecule has 1 fully saturated rings. The number of carboxylic acids is 1. The van der Waals surface area contributed by atoms with Gasteiger partial charge in [-0.2, -0.15) is 0 Å². The number of hydrogen-bond acceptors (Lipinski definition) is 6. The Morgan fingerprint density at radius 1 is 0.973 bits per heavy atom. The molecule has 0 aromatic heterocycles. The van der Waals surface area contributed by atoms with E-state index in [1.165, 1.54) is 30.2 Å². The van der Waals surface area contributed by atoms with Crippen molar-refractivity contribution in [2.75, 3.05) is 58.9 Å². The van der Waals surface area contributed by atoms with Crippen LogP contribution in [0.25, 0.3) is 0 Å². The second-order valence-corrected chi connectivity index (χ2v) is 9.40. The van der Waals surface area contributed by atoms with Crippen LogP contribution in [-0.2, 0) is 4.79 Å². The summed E-state index contributed by atoms with van der Waals surface area (Å²) in [4.78, 5) is 42.6. The number of methoxy groups -OCH3 is 1. The van der Waals surface area contributed by atoms with E-state index in [-0.39, 0.29) is 23.1 Å². The van der Waals surface area contributed by atoms with E-state index in [4.69, 9.17) is 9.47 Å². The van der Waals surface area contributed by atoms with E-state index < -0.39 is 5.97 Å². The highest BCUT2D eigenvalue weighted by Crippen LogP contribution is 2.31. The maximum atomic E-state index is 13.2. The van der Waals surface area contributed by atoms with Crippen molar-refractivity contribution in [1.82, 2.24) is 9.80 Å². The highest BCUT2D eigenvalue weighted by atomic mass is 16.5. The predicted octanol–water partition coefficient (Wildman–Crippen LogP) is 3.69. The fourth-order valence-corrected chi connectivity index (χ4v) is 4.27. The molecule has 0 aliphatic carbocycles. The zero-order valence-corrected chi connectivity index (χ0v) is 22.2. The van der Waals surface area contributed by atoms with Gasteiger partial charge in [-0.25, -0.2) is 4.79 Å². The van der Waals surface area contributed by atoms with Crippen LogP contribution in [0.2, 0.25) is 0 Å². The van der Waals surface area contributed by atoms with Crippen LogP contribution in [0.1, 0.15) is 52.0 Å². The molecule has 0 radical (unpaired) electrons. The van der Waals surface area contributed by atoms with Gasteiger partial charge in [-0.05, 0) is 69.1 Å². The van der Waals surface area contributed by atoms with Gasteiger partial charge >= 0.3 is 5.97 Å². The van der Waals surface area contributed by atoms with E-state index in [0.29, 0.717) is 30.0 Å². The van der Waals surface area contributed by atoms with Gasteiger partial charge in [-0.3, -0.25) is 9.59 Å². The number of hydrogen-bond donors (Lipinski definition) is 1. The molecule has 9 heteroatoms. The topological polar surface area (TPSA) is 99.6 Å². The number of aromatic carboxylic acids is 1. The Morgan fingerprint density at radius 3 is 2.38 bits per heavy atom. The lowest BCUT2D eigenvalue weighted by Crippen LogP contribution is -2.47. The lowest BCUT2D eigenvalue weighted by molar-refractivity contribution is -0.132. The van der Waals surface area contributed by atoms with Crippen LogP contribution in [0.4, 0.5) is 5.69 Å². The molecule has 2 amide bonds. The molecule has 3 rings (SSSR count). The molecule has 0 spiro atoms. The molecular weight excluding hydrogens is 474 g/mol. The molecule has 0 bridgehead atoms.